The summed E-state index contributed by atoms with van der Waals surface area (Å²) in [5, 5.41) is 12.1. The molecule has 0 spiro atoms. The second kappa shape index (κ2) is 6.40. The van der Waals surface area contributed by atoms with Crippen LogP contribution < -0.4 is 0 Å². The summed E-state index contributed by atoms with van der Waals surface area (Å²) in [4.78, 5) is 8.18. The van der Waals surface area contributed by atoms with E-state index in [9.17, 15) is 13.2 Å². The molecule has 2 saturated heterocycles. The fourth-order valence-electron chi connectivity index (χ4n) is 3.42. The van der Waals surface area contributed by atoms with E-state index >= 15 is 0 Å². The molecule has 1 aliphatic carbocycles. The first-order valence-corrected chi connectivity index (χ1v) is 8.95. The molecule has 4 rings (SSSR count). The Labute approximate surface area is 145 Å². The van der Waals surface area contributed by atoms with Crippen molar-refractivity contribution in [3.63, 3.8) is 0 Å². The van der Waals surface area contributed by atoms with Crippen molar-refractivity contribution < 1.29 is 27.9 Å². The smallest absolute Gasteiger partial charge is 0.411 e. The Balaban J connectivity index is 1.64. The molecule has 3 heterocycles. The third-order valence-corrected chi connectivity index (χ3v) is 5.79. The van der Waals surface area contributed by atoms with Crippen LogP contribution in [0.2, 0.25) is 0 Å². The van der Waals surface area contributed by atoms with Gasteiger partial charge in [-0.25, -0.2) is 9.97 Å². The molecule has 0 saturated carbocycles. The van der Waals surface area contributed by atoms with Crippen LogP contribution in [0.4, 0.5) is 13.2 Å². The molecule has 1 aromatic rings. The van der Waals surface area contributed by atoms with Crippen LogP contribution in [0.25, 0.3) is 0 Å². The van der Waals surface area contributed by atoms with Gasteiger partial charge >= 0.3 is 6.18 Å². The van der Waals surface area contributed by atoms with Crippen LogP contribution >= 0.6 is 11.8 Å². The Morgan fingerprint density at radius 2 is 2.00 bits per heavy atom. The van der Waals surface area contributed by atoms with Gasteiger partial charge in [0, 0.05) is 22.9 Å². The number of rotatable bonds is 2. The Kier molecular flexibility index (Phi) is 4.37. The minimum atomic E-state index is -4.50. The molecular weight excluding hydrogens is 359 g/mol. The Bertz CT molecular complexity index is 713. The molecule has 1 N–H and O–H groups in total. The van der Waals surface area contributed by atoms with Gasteiger partial charge in [0.1, 0.15) is 5.71 Å². The molecular formula is C15H16F3N3O3S. The summed E-state index contributed by atoms with van der Waals surface area (Å²) < 4.78 is 51.2. The molecule has 0 radical (unpaired) electrons. The summed E-state index contributed by atoms with van der Waals surface area (Å²) in [6.07, 6.45) is -2.64. The number of alkyl halides is 3. The molecule has 1 aromatic heterocycles. The van der Waals surface area contributed by atoms with Crippen molar-refractivity contribution in [3.8, 4) is 0 Å². The van der Waals surface area contributed by atoms with Gasteiger partial charge in [0.2, 0.25) is 6.29 Å². The molecule has 6 nitrogen and oxygen atoms in total. The monoisotopic (exact) mass is 375 g/mol. The molecule has 25 heavy (non-hydrogen) atoms. The first-order valence-electron chi connectivity index (χ1n) is 8.07. The summed E-state index contributed by atoms with van der Waals surface area (Å²) in [7, 11) is 0. The van der Waals surface area contributed by atoms with Gasteiger partial charge in [-0.15, -0.1) is 0 Å². The number of nitrogens with zero attached hydrogens (tertiary/aromatic N) is 3. The molecule has 0 aromatic carbocycles. The zero-order valence-corrected chi connectivity index (χ0v) is 13.9. The number of halogens is 3. The molecule has 2 fully saturated rings. The van der Waals surface area contributed by atoms with Crippen molar-refractivity contribution in [2.45, 2.75) is 61.1 Å². The maximum Gasteiger partial charge on any atom is 0.433 e. The Morgan fingerprint density at radius 1 is 1.20 bits per heavy atom. The summed E-state index contributed by atoms with van der Waals surface area (Å²) in [6.45, 7) is 0.304. The standard InChI is InChI=1S/C15H16F3N3O3S/c16-15(17,18)12-7-3-1-2-4-8(7)19-14(20-12)25-11-5-9(21-22)13-23-6-10(11)24-13/h10-11,13,22H,1-6H2/b21-9+/t10-,11+,13-/m0/s1. The molecule has 0 amide bonds. The number of aromatic nitrogens is 2. The lowest BCUT2D eigenvalue weighted by Gasteiger charge is -2.27. The molecule has 136 valence electrons. The Hall–Kier alpha value is -1.39. The number of oxime groups is 1. The number of fused-ring (bicyclic) bond motifs is 3. The first-order chi connectivity index (χ1) is 12.0. The molecule has 3 atom stereocenters. The van der Waals surface area contributed by atoms with E-state index in [4.69, 9.17) is 14.7 Å². The third-order valence-electron chi connectivity index (χ3n) is 4.62. The van der Waals surface area contributed by atoms with Crippen molar-refractivity contribution in [1.29, 1.82) is 0 Å². The topological polar surface area (TPSA) is 76.8 Å². The van der Waals surface area contributed by atoms with Crippen LogP contribution in [0, 0.1) is 0 Å². The van der Waals surface area contributed by atoms with Gasteiger partial charge in [-0.05, 0) is 25.7 Å². The number of thioether (sulfide) groups is 1. The van der Waals surface area contributed by atoms with Gasteiger partial charge in [-0.2, -0.15) is 13.2 Å². The summed E-state index contributed by atoms with van der Waals surface area (Å²) in [6, 6.07) is 0. The number of hydrogen-bond donors (Lipinski definition) is 1. The van der Waals surface area contributed by atoms with E-state index in [2.05, 4.69) is 15.1 Å². The minimum Gasteiger partial charge on any atom is -0.411 e. The average molecular weight is 375 g/mol. The molecule has 3 aliphatic rings. The lowest BCUT2D eigenvalue weighted by Crippen LogP contribution is -2.37. The highest BCUT2D eigenvalue weighted by Gasteiger charge is 2.44. The maximum atomic E-state index is 13.4. The van der Waals surface area contributed by atoms with Gasteiger partial charge in [0.25, 0.3) is 0 Å². The van der Waals surface area contributed by atoms with E-state index in [-0.39, 0.29) is 22.1 Å². The second-order valence-electron chi connectivity index (χ2n) is 6.28. The lowest BCUT2D eigenvalue weighted by molar-refractivity contribution is -0.142. The maximum absolute atomic E-state index is 13.4. The number of hydrogen-bond acceptors (Lipinski definition) is 7. The SMILES string of the molecule is O/N=C1\C[C@@H](Sc2nc3c(c(C(F)(F)F)n2)CCCC3)[C@@H]2CO[C@H]1O2. The first kappa shape index (κ1) is 17.0. The Morgan fingerprint density at radius 3 is 2.76 bits per heavy atom. The van der Waals surface area contributed by atoms with Crippen LogP contribution in [0.5, 0.6) is 0 Å². The van der Waals surface area contributed by atoms with E-state index in [1.165, 1.54) is 0 Å². The fourth-order valence-corrected chi connectivity index (χ4v) is 4.55. The second-order valence-corrected chi connectivity index (χ2v) is 7.48. The van der Waals surface area contributed by atoms with Gasteiger partial charge in [-0.1, -0.05) is 16.9 Å². The highest BCUT2D eigenvalue weighted by Crippen LogP contribution is 2.39. The van der Waals surface area contributed by atoms with Crippen molar-refractivity contribution in [1.82, 2.24) is 9.97 Å². The van der Waals surface area contributed by atoms with E-state index in [0.29, 0.717) is 37.3 Å². The predicted octanol–water partition coefficient (Wildman–Crippen LogP) is 2.81. The van der Waals surface area contributed by atoms with E-state index < -0.39 is 18.2 Å². The van der Waals surface area contributed by atoms with Crippen molar-refractivity contribution >= 4 is 17.5 Å². The van der Waals surface area contributed by atoms with Crippen molar-refractivity contribution in [3.05, 3.63) is 17.0 Å². The quantitative estimate of drug-likeness (QED) is 0.487. The third kappa shape index (κ3) is 3.22. The van der Waals surface area contributed by atoms with Crippen molar-refractivity contribution in [2.24, 2.45) is 5.16 Å². The van der Waals surface area contributed by atoms with Crippen LogP contribution in [0.1, 0.15) is 36.2 Å². The predicted molar refractivity (Wildman–Crippen MR) is 81.8 cm³/mol. The summed E-state index contributed by atoms with van der Waals surface area (Å²) in [5.41, 5.74) is 0.225. The zero-order valence-electron chi connectivity index (χ0n) is 13.1. The zero-order chi connectivity index (χ0) is 17.6. The van der Waals surface area contributed by atoms with E-state index in [0.717, 1.165) is 24.6 Å². The average Bonchev–Trinajstić information content (AvgIpc) is 3.01. The number of aryl methyl sites for hydroxylation is 1. The van der Waals surface area contributed by atoms with Gasteiger partial charge < -0.3 is 14.7 Å². The summed E-state index contributed by atoms with van der Waals surface area (Å²) in [5.74, 6) is 0. The molecule has 2 aliphatic heterocycles. The van der Waals surface area contributed by atoms with Gasteiger partial charge in [-0.3, -0.25) is 0 Å². The summed E-state index contributed by atoms with van der Waals surface area (Å²) >= 11 is 1.13. The van der Waals surface area contributed by atoms with Gasteiger partial charge in [0.05, 0.1) is 12.7 Å². The minimum absolute atomic E-state index is 0.0872. The number of ether oxygens (including phenoxy) is 2. The molecule has 0 unspecified atom stereocenters. The normalized spacial score (nSPS) is 30.5. The van der Waals surface area contributed by atoms with Crippen LogP contribution in [-0.2, 0) is 28.5 Å². The fraction of sp³-hybridized carbons (Fsp3) is 0.667. The largest absolute Gasteiger partial charge is 0.433 e. The lowest BCUT2D eigenvalue weighted by atomic mass is 9.94. The van der Waals surface area contributed by atoms with Crippen LogP contribution in [-0.4, -0.2) is 45.1 Å². The molecule has 2 bridgehead atoms. The van der Waals surface area contributed by atoms with E-state index in [1.54, 1.807) is 0 Å². The van der Waals surface area contributed by atoms with E-state index in [1.807, 2.05) is 0 Å². The highest BCUT2D eigenvalue weighted by molar-refractivity contribution is 7.99. The molecule has 10 heteroatoms. The van der Waals surface area contributed by atoms with Gasteiger partial charge in [0.15, 0.2) is 10.9 Å². The highest BCUT2D eigenvalue weighted by atomic mass is 32.2. The van der Waals surface area contributed by atoms with Crippen LogP contribution in [0.15, 0.2) is 10.3 Å². The van der Waals surface area contributed by atoms with Crippen molar-refractivity contribution in [2.75, 3.05) is 6.61 Å². The van der Waals surface area contributed by atoms with Crippen LogP contribution in [0.3, 0.4) is 0 Å².